The summed E-state index contributed by atoms with van der Waals surface area (Å²) in [7, 11) is -3.83. The number of fused-ring (bicyclic) bond motifs is 1. The van der Waals surface area contributed by atoms with Gasteiger partial charge >= 0.3 is 0 Å². The first-order chi connectivity index (χ1) is 13.4. The number of rotatable bonds is 4. The molecular formula is C21H20F2N2O2S. The Kier molecular flexibility index (Phi) is 5.14. The van der Waals surface area contributed by atoms with Crippen molar-refractivity contribution in [2.75, 3.05) is 26.2 Å². The Morgan fingerprint density at radius 2 is 1.54 bits per heavy atom. The number of hydrogen-bond donors (Lipinski definition) is 0. The SMILES string of the molecule is O=S(=O)(c1ccc(F)c(F)c1)N1CCN(Cc2cccc3ccccc23)CC1. The Bertz CT molecular complexity index is 1110. The van der Waals surface area contributed by atoms with Gasteiger partial charge in [-0.05, 0) is 34.5 Å². The van der Waals surface area contributed by atoms with E-state index in [2.05, 4.69) is 29.2 Å². The molecule has 0 atom stereocenters. The summed E-state index contributed by atoms with van der Waals surface area (Å²) in [6, 6.07) is 17.1. The van der Waals surface area contributed by atoms with Gasteiger partial charge < -0.3 is 0 Å². The number of nitrogens with zero attached hydrogens (tertiary/aromatic N) is 2. The van der Waals surface area contributed by atoms with Crippen LogP contribution in [-0.4, -0.2) is 43.8 Å². The molecule has 0 unspecified atom stereocenters. The van der Waals surface area contributed by atoms with Gasteiger partial charge in [0.05, 0.1) is 4.90 Å². The summed E-state index contributed by atoms with van der Waals surface area (Å²) in [6.45, 7) is 2.51. The highest BCUT2D eigenvalue weighted by atomic mass is 32.2. The second kappa shape index (κ2) is 7.58. The molecule has 7 heteroatoms. The minimum absolute atomic E-state index is 0.214. The quantitative estimate of drug-likeness (QED) is 0.669. The van der Waals surface area contributed by atoms with Crippen molar-refractivity contribution in [3.05, 3.63) is 77.9 Å². The van der Waals surface area contributed by atoms with Gasteiger partial charge in [-0.1, -0.05) is 42.5 Å². The third kappa shape index (κ3) is 3.65. The van der Waals surface area contributed by atoms with Crippen LogP contribution in [-0.2, 0) is 16.6 Å². The van der Waals surface area contributed by atoms with Gasteiger partial charge in [-0.15, -0.1) is 0 Å². The fourth-order valence-electron chi connectivity index (χ4n) is 3.59. The fraction of sp³-hybridized carbons (Fsp3) is 0.238. The zero-order valence-electron chi connectivity index (χ0n) is 15.2. The molecule has 1 heterocycles. The second-order valence-corrected chi connectivity index (χ2v) is 8.83. The summed E-state index contributed by atoms with van der Waals surface area (Å²) in [5.41, 5.74) is 1.20. The molecule has 4 rings (SSSR count). The van der Waals surface area contributed by atoms with Crippen LogP contribution in [0.3, 0.4) is 0 Å². The van der Waals surface area contributed by atoms with Crippen molar-refractivity contribution in [2.24, 2.45) is 0 Å². The Balaban J connectivity index is 1.46. The predicted octanol–water partition coefficient (Wildman–Crippen LogP) is 3.62. The minimum Gasteiger partial charge on any atom is -0.296 e. The number of piperazine rings is 1. The zero-order valence-corrected chi connectivity index (χ0v) is 16.0. The first-order valence-corrected chi connectivity index (χ1v) is 10.5. The molecule has 1 aliphatic rings. The largest absolute Gasteiger partial charge is 0.296 e. The van der Waals surface area contributed by atoms with Gasteiger partial charge in [0.2, 0.25) is 10.0 Å². The van der Waals surface area contributed by atoms with Gasteiger partial charge in [-0.3, -0.25) is 4.90 Å². The average molecular weight is 402 g/mol. The van der Waals surface area contributed by atoms with E-state index in [1.807, 2.05) is 18.2 Å². The van der Waals surface area contributed by atoms with Crippen molar-refractivity contribution in [2.45, 2.75) is 11.4 Å². The van der Waals surface area contributed by atoms with Crippen LogP contribution in [0.1, 0.15) is 5.56 Å². The number of benzene rings is 3. The first-order valence-electron chi connectivity index (χ1n) is 9.09. The van der Waals surface area contributed by atoms with E-state index in [4.69, 9.17) is 0 Å². The molecule has 0 saturated carbocycles. The maximum absolute atomic E-state index is 13.4. The number of hydrogen-bond acceptors (Lipinski definition) is 3. The molecule has 0 radical (unpaired) electrons. The lowest BCUT2D eigenvalue weighted by Crippen LogP contribution is -2.48. The van der Waals surface area contributed by atoms with Crippen molar-refractivity contribution < 1.29 is 17.2 Å². The van der Waals surface area contributed by atoms with Crippen molar-refractivity contribution in [3.63, 3.8) is 0 Å². The van der Waals surface area contributed by atoms with Crippen LogP contribution in [0, 0.1) is 11.6 Å². The molecule has 1 aliphatic heterocycles. The smallest absolute Gasteiger partial charge is 0.243 e. The van der Waals surface area contributed by atoms with Crippen LogP contribution in [0.4, 0.5) is 8.78 Å². The highest BCUT2D eigenvalue weighted by Gasteiger charge is 2.29. The molecule has 0 aliphatic carbocycles. The van der Waals surface area contributed by atoms with Crippen LogP contribution in [0.5, 0.6) is 0 Å². The van der Waals surface area contributed by atoms with Crippen molar-refractivity contribution in [3.8, 4) is 0 Å². The Labute approximate surface area is 163 Å². The van der Waals surface area contributed by atoms with Gasteiger partial charge in [0, 0.05) is 32.7 Å². The molecule has 0 N–H and O–H groups in total. The lowest BCUT2D eigenvalue weighted by Gasteiger charge is -2.34. The zero-order chi connectivity index (χ0) is 19.7. The van der Waals surface area contributed by atoms with E-state index >= 15 is 0 Å². The molecule has 28 heavy (non-hydrogen) atoms. The third-order valence-corrected chi connectivity index (χ3v) is 7.03. The highest BCUT2D eigenvalue weighted by Crippen LogP contribution is 2.23. The molecule has 0 aromatic heterocycles. The molecule has 3 aromatic carbocycles. The van der Waals surface area contributed by atoms with Gasteiger partial charge in [-0.2, -0.15) is 4.31 Å². The molecule has 0 spiro atoms. The van der Waals surface area contributed by atoms with E-state index in [9.17, 15) is 17.2 Å². The van der Waals surface area contributed by atoms with Crippen molar-refractivity contribution in [1.29, 1.82) is 0 Å². The van der Waals surface area contributed by atoms with Crippen LogP contribution in [0.25, 0.3) is 10.8 Å². The minimum atomic E-state index is -3.83. The number of halogens is 2. The monoisotopic (exact) mass is 402 g/mol. The summed E-state index contributed by atoms with van der Waals surface area (Å²) in [4.78, 5) is 1.99. The molecule has 1 saturated heterocycles. The molecular weight excluding hydrogens is 382 g/mol. The molecule has 146 valence electrons. The summed E-state index contributed by atoms with van der Waals surface area (Å²) in [5, 5.41) is 2.38. The maximum atomic E-state index is 13.4. The molecule has 1 fully saturated rings. The van der Waals surface area contributed by atoms with Crippen LogP contribution in [0.2, 0.25) is 0 Å². The highest BCUT2D eigenvalue weighted by molar-refractivity contribution is 7.89. The Hall–Kier alpha value is -2.35. The van der Waals surface area contributed by atoms with E-state index in [0.717, 1.165) is 24.7 Å². The van der Waals surface area contributed by atoms with Crippen LogP contribution in [0.15, 0.2) is 65.6 Å². The molecule has 3 aromatic rings. The Morgan fingerprint density at radius 1 is 0.821 bits per heavy atom. The first kappa shape index (κ1) is 19.0. The third-order valence-electron chi connectivity index (χ3n) is 5.13. The summed E-state index contributed by atoms with van der Waals surface area (Å²) in [5.74, 6) is -2.21. The van der Waals surface area contributed by atoms with Gasteiger partial charge in [0.25, 0.3) is 0 Å². The van der Waals surface area contributed by atoms with E-state index in [-0.39, 0.29) is 4.90 Å². The summed E-state index contributed by atoms with van der Waals surface area (Å²) in [6.07, 6.45) is 0. The van der Waals surface area contributed by atoms with Gasteiger partial charge in [0.1, 0.15) is 0 Å². The van der Waals surface area contributed by atoms with E-state index in [1.54, 1.807) is 0 Å². The van der Waals surface area contributed by atoms with Gasteiger partial charge in [0.15, 0.2) is 11.6 Å². The second-order valence-electron chi connectivity index (χ2n) is 6.89. The van der Waals surface area contributed by atoms with Crippen LogP contribution < -0.4 is 0 Å². The molecule has 4 nitrogen and oxygen atoms in total. The Morgan fingerprint density at radius 3 is 2.29 bits per heavy atom. The lowest BCUT2D eigenvalue weighted by atomic mass is 10.0. The van der Waals surface area contributed by atoms with E-state index in [0.29, 0.717) is 26.2 Å². The van der Waals surface area contributed by atoms with Crippen molar-refractivity contribution >= 4 is 20.8 Å². The summed E-state index contributed by atoms with van der Waals surface area (Å²) < 4.78 is 53.3. The average Bonchev–Trinajstić information content (AvgIpc) is 2.71. The van der Waals surface area contributed by atoms with Gasteiger partial charge in [-0.25, -0.2) is 17.2 Å². The summed E-state index contributed by atoms with van der Waals surface area (Å²) >= 11 is 0. The number of sulfonamides is 1. The van der Waals surface area contributed by atoms with E-state index in [1.165, 1.54) is 20.6 Å². The lowest BCUT2D eigenvalue weighted by molar-refractivity contribution is 0.182. The van der Waals surface area contributed by atoms with Crippen LogP contribution >= 0.6 is 0 Å². The predicted molar refractivity (Wildman–Crippen MR) is 104 cm³/mol. The standard InChI is InChI=1S/C21H20F2N2O2S/c22-20-9-8-18(14-21(20)23)28(26,27)25-12-10-24(11-13-25)15-17-6-3-5-16-4-1-2-7-19(16)17/h1-9,14H,10-13,15H2. The van der Waals surface area contributed by atoms with E-state index < -0.39 is 21.7 Å². The maximum Gasteiger partial charge on any atom is 0.243 e. The fourth-order valence-corrected chi connectivity index (χ4v) is 5.02. The molecule has 0 amide bonds. The normalized spacial score (nSPS) is 16.5. The van der Waals surface area contributed by atoms with Crippen molar-refractivity contribution in [1.82, 2.24) is 9.21 Å². The molecule has 0 bridgehead atoms. The topological polar surface area (TPSA) is 40.6 Å².